The second-order valence-corrected chi connectivity index (χ2v) is 8.48. The van der Waals surface area contributed by atoms with Gasteiger partial charge >= 0.3 is 5.76 Å². The predicted octanol–water partition coefficient (Wildman–Crippen LogP) is 3.61. The topological polar surface area (TPSA) is 77.5 Å². The highest BCUT2D eigenvalue weighted by atomic mass is 32.1. The molecule has 0 aliphatic heterocycles. The summed E-state index contributed by atoms with van der Waals surface area (Å²) in [6.07, 6.45) is -0.884. The number of hydrogen-bond acceptors (Lipinski definition) is 6. The summed E-state index contributed by atoms with van der Waals surface area (Å²) in [5.74, 6) is 0.383. The Bertz CT molecular complexity index is 951. The summed E-state index contributed by atoms with van der Waals surface area (Å²) < 4.78 is 12.0. The van der Waals surface area contributed by atoms with Crippen LogP contribution in [0.1, 0.15) is 31.9 Å². The van der Waals surface area contributed by atoms with Gasteiger partial charge in [-0.2, -0.15) is 4.68 Å². The smallest absolute Gasteiger partial charge is 0.437 e. The van der Waals surface area contributed by atoms with Crippen molar-refractivity contribution >= 4 is 11.3 Å². The van der Waals surface area contributed by atoms with Crippen LogP contribution >= 0.6 is 11.3 Å². The first-order chi connectivity index (χ1) is 12.7. The first kappa shape index (κ1) is 19.4. The van der Waals surface area contributed by atoms with Crippen LogP contribution in [0.3, 0.4) is 0 Å². The van der Waals surface area contributed by atoms with Gasteiger partial charge in [-0.3, -0.25) is 0 Å². The zero-order chi connectivity index (χ0) is 19.6. The summed E-state index contributed by atoms with van der Waals surface area (Å²) in [5, 5.41) is 16.3. The maximum Gasteiger partial charge on any atom is 0.437 e. The Morgan fingerprint density at radius 2 is 2.11 bits per heavy atom. The van der Waals surface area contributed by atoms with E-state index in [4.69, 9.17) is 9.15 Å². The molecular formula is C20H24N2O4S. The second-order valence-electron chi connectivity index (χ2n) is 7.53. The van der Waals surface area contributed by atoms with Gasteiger partial charge in [-0.15, -0.1) is 16.4 Å². The van der Waals surface area contributed by atoms with E-state index in [2.05, 4.69) is 31.9 Å². The fourth-order valence-corrected chi connectivity index (χ4v) is 3.28. The third kappa shape index (κ3) is 4.67. The monoisotopic (exact) mass is 388 g/mol. The number of ether oxygens (including phenoxy) is 1. The minimum Gasteiger partial charge on any atom is -0.491 e. The molecule has 0 spiro atoms. The van der Waals surface area contributed by atoms with E-state index in [-0.39, 0.29) is 24.5 Å². The van der Waals surface area contributed by atoms with Crippen LogP contribution in [0.2, 0.25) is 0 Å². The van der Waals surface area contributed by atoms with Crippen molar-refractivity contribution in [1.82, 2.24) is 9.78 Å². The number of aliphatic hydroxyl groups is 1. The minimum atomic E-state index is -0.884. The van der Waals surface area contributed by atoms with Crippen molar-refractivity contribution in [3.8, 4) is 16.5 Å². The van der Waals surface area contributed by atoms with Crippen LogP contribution in [-0.2, 0) is 12.0 Å². The number of aliphatic hydroxyl groups excluding tert-OH is 1. The summed E-state index contributed by atoms with van der Waals surface area (Å²) in [6.45, 7) is 8.52. The average molecular weight is 388 g/mol. The average Bonchev–Trinajstić information content (AvgIpc) is 3.23. The molecule has 3 rings (SSSR count). The molecule has 2 aromatic heterocycles. The van der Waals surface area contributed by atoms with Crippen molar-refractivity contribution in [2.24, 2.45) is 0 Å². The van der Waals surface area contributed by atoms with Crippen molar-refractivity contribution in [2.75, 3.05) is 6.61 Å². The van der Waals surface area contributed by atoms with Crippen LogP contribution in [0.5, 0.6) is 5.75 Å². The lowest BCUT2D eigenvalue weighted by atomic mass is 9.86. The van der Waals surface area contributed by atoms with Crippen molar-refractivity contribution in [2.45, 2.75) is 45.8 Å². The van der Waals surface area contributed by atoms with Gasteiger partial charge in [-0.1, -0.05) is 39.0 Å². The molecule has 1 aromatic carbocycles. The van der Waals surface area contributed by atoms with Crippen LogP contribution in [0, 0.1) is 6.92 Å². The van der Waals surface area contributed by atoms with Gasteiger partial charge in [-0.05, 0) is 41.0 Å². The van der Waals surface area contributed by atoms with E-state index in [0.717, 1.165) is 15.1 Å². The van der Waals surface area contributed by atoms with Crippen LogP contribution in [0.4, 0.5) is 0 Å². The fraction of sp³-hybridized carbons (Fsp3) is 0.400. The molecule has 0 saturated carbocycles. The van der Waals surface area contributed by atoms with E-state index in [1.165, 1.54) is 16.9 Å². The molecule has 1 atom stereocenters. The van der Waals surface area contributed by atoms with Gasteiger partial charge in [-0.25, -0.2) is 4.79 Å². The Morgan fingerprint density at radius 1 is 1.33 bits per heavy atom. The number of aromatic nitrogens is 2. The largest absolute Gasteiger partial charge is 0.491 e. The normalized spacial score (nSPS) is 12.9. The molecule has 27 heavy (non-hydrogen) atoms. The van der Waals surface area contributed by atoms with Gasteiger partial charge in [0.05, 0.1) is 11.4 Å². The van der Waals surface area contributed by atoms with E-state index in [0.29, 0.717) is 5.75 Å². The lowest BCUT2D eigenvalue weighted by Crippen LogP contribution is -2.29. The molecular weight excluding hydrogens is 364 g/mol. The molecule has 0 saturated heterocycles. The zero-order valence-corrected chi connectivity index (χ0v) is 16.7. The van der Waals surface area contributed by atoms with Gasteiger partial charge < -0.3 is 14.3 Å². The van der Waals surface area contributed by atoms with E-state index in [9.17, 15) is 9.90 Å². The third-order valence-corrected chi connectivity index (χ3v) is 5.05. The van der Waals surface area contributed by atoms with Crippen molar-refractivity contribution in [1.29, 1.82) is 0 Å². The van der Waals surface area contributed by atoms with Gasteiger partial charge in [0, 0.05) is 0 Å². The Hall–Kier alpha value is -2.38. The molecule has 1 N–H and O–H groups in total. The second kappa shape index (κ2) is 7.70. The minimum absolute atomic E-state index is 0.00678. The number of nitrogens with zero attached hydrogens (tertiary/aromatic N) is 2. The van der Waals surface area contributed by atoms with Gasteiger partial charge in [0.1, 0.15) is 18.5 Å². The van der Waals surface area contributed by atoms with E-state index >= 15 is 0 Å². The highest BCUT2D eigenvalue weighted by Crippen LogP contribution is 2.27. The third-order valence-electron chi connectivity index (χ3n) is 4.19. The number of aryl methyl sites for hydroxylation is 1. The first-order valence-corrected chi connectivity index (χ1v) is 9.66. The first-order valence-electron chi connectivity index (χ1n) is 8.78. The maximum absolute atomic E-state index is 11.9. The fourth-order valence-electron chi connectivity index (χ4n) is 2.64. The Balaban J connectivity index is 1.62. The maximum atomic E-state index is 11.9. The number of hydrogen-bond donors (Lipinski definition) is 1. The molecule has 7 heteroatoms. The summed E-state index contributed by atoms with van der Waals surface area (Å²) in [4.78, 5) is 12.7. The molecule has 0 radical (unpaired) electrons. The van der Waals surface area contributed by atoms with Gasteiger partial charge in [0.2, 0.25) is 0 Å². The quantitative estimate of drug-likeness (QED) is 0.698. The molecule has 0 aliphatic carbocycles. The number of thiophene rings is 1. The van der Waals surface area contributed by atoms with E-state index in [1.54, 1.807) is 0 Å². The SMILES string of the molecule is Cc1cc(C(C)(C)C)ccc1OCC(O)Cn1nc(-c2cccs2)oc1=O. The van der Waals surface area contributed by atoms with E-state index < -0.39 is 11.9 Å². The van der Waals surface area contributed by atoms with E-state index in [1.807, 2.05) is 36.6 Å². The molecule has 3 aromatic rings. The molecule has 0 amide bonds. The molecule has 0 aliphatic rings. The highest BCUT2D eigenvalue weighted by Gasteiger charge is 2.17. The Kier molecular flexibility index (Phi) is 5.53. The van der Waals surface area contributed by atoms with Crippen molar-refractivity contribution in [3.63, 3.8) is 0 Å². The number of rotatable bonds is 6. The molecule has 144 valence electrons. The predicted molar refractivity (Wildman–Crippen MR) is 105 cm³/mol. The Morgan fingerprint density at radius 3 is 2.74 bits per heavy atom. The van der Waals surface area contributed by atoms with Gasteiger partial charge in [0.15, 0.2) is 0 Å². The molecule has 0 fully saturated rings. The number of benzene rings is 1. The summed E-state index contributed by atoms with van der Waals surface area (Å²) >= 11 is 1.43. The molecule has 0 bridgehead atoms. The summed E-state index contributed by atoms with van der Waals surface area (Å²) in [5.41, 5.74) is 2.30. The summed E-state index contributed by atoms with van der Waals surface area (Å²) in [6, 6.07) is 9.72. The van der Waals surface area contributed by atoms with Crippen molar-refractivity contribution < 1.29 is 14.3 Å². The van der Waals surface area contributed by atoms with Gasteiger partial charge in [0.25, 0.3) is 5.89 Å². The van der Waals surface area contributed by atoms with Crippen LogP contribution < -0.4 is 10.5 Å². The Labute approximate surface area is 162 Å². The highest BCUT2D eigenvalue weighted by molar-refractivity contribution is 7.13. The summed E-state index contributed by atoms with van der Waals surface area (Å²) in [7, 11) is 0. The zero-order valence-electron chi connectivity index (χ0n) is 15.9. The lowest BCUT2D eigenvalue weighted by molar-refractivity contribution is 0.0872. The van der Waals surface area contributed by atoms with Crippen LogP contribution in [0.15, 0.2) is 44.9 Å². The standard InChI is InChI=1S/C20H24N2O4S/c1-13-10-14(20(2,3)4)7-8-16(13)25-12-15(23)11-22-19(24)26-18(21-22)17-6-5-9-27-17/h5-10,15,23H,11-12H2,1-4H3. The van der Waals surface area contributed by atoms with Crippen LogP contribution in [0.25, 0.3) is 10.8 Å². The lowest BCUT2D eigenvalue weighted by Gasteiger charge is -2.21. The van der Waals surface area contributed by atoms with Crippen molar-refractivity contribution in [3.05, 3.63) is 57.4 Å². The van der Waals surface area contributed by atoms with Crippen LogP contribution in [-0.4, -0.2) is 27.6 Å². The molecule has 6 nitrogen and oxygen atoms in total. The molecule has 2 heterocycles. The molecule has 1 unspecified atom stereocenters.